The Morgan fingerprint density at radius 1 is 0.824 bits per heavy atom. The summed E-state index contributed by atoms with van der Waals surface area (Å²) in [5.41, 5.74) is 3.17. The normalized spacial score (nSPS) is 13.8. The lowest BCUT2D eigenvalue weighted by molar-refractivity contribution is 0.589. The molecule has 0 N–H and O–H groups in total. The molecule has 0 atom stereocenters. The van der Waals surface area contributed by atoms with E-state index in [1.165, 1.54) is 23.8 Å². The zero-order valence-electron chi connectivity index (χ0n) is 9.34. The Bertz CT molecular complexity index is 553. The summed E-state index contributed by atoms with van der Waals surface area (Å²) in [6.07, 6.45) is 3.00. The van der Waals surface area contributed by atoms with E-state index in [1.54, 1.807) is 0 Å². The highest BCUT2D eigenvalue weighted by Crippen LogP contribution is 2.34. The van der Waals surface area contributed by atoms with Crippen LogP contribution in [-0.4, -0.2) is 0 Å². The molecule has 0 amide bonds. The average Bonchev–Trinajstić information content (AvgIpc) is 2.77. The molecule has 0 unspecified atom stereocenters. The molecule has 0 spiro atoms. The van der Waals surface area contributed by atoms with Crippen molar-refractivity contribution in [3.8, 4) is 11.1 Å². The van der Waals surface area contributed by atoms with Gasteiger partial charge in [0.25, 0.3) is 0 Å². The van der Waals surface area contributed by atoms with Crippen molar-refractivity contribution in [3.05, 3.63) is 59.2 Å². The minimum Gasteiger partial charge on any atom is -0.206 e. The minimum absolute atomic E-state index is 0.117. The van der Waals surface area contributed by atoms with Crippen molar-refractivity contribution in [3.63, 3.8) is 0 Å². The maximum absolute atomic E-state index is 13.8. The molecular formula is C15H12F2. The van der Waals surface area contributed by atoms with Crippen molar-refractivity contribution in [2.75, 3.05) is 0 Å². The third-order valence-corrected chi connectivity index (χ3v) is 3.38. The van der Waals surface area contributed by atoms with Crippen LogP contribution in [-0.2, 0) is 12.8 Å². The maximum atomic E-state index is 13.8. The highest BCUT2D eigenvalue weighted by molar-refractivity contribution is 5.70. The summed E-state index contributed by atoms with van der Waals surface area (Å²) < 4.78 is 27.5. The van der Waals surface area contributed by atoms with Crippen molar-refractivity contribution >= 4 is 0 Å². The largest absolute Gasteiger partial charge is 0.206 e. The van der Waals surface area contributed by atoms with Crippen LogP contribution in [0.5, 0.6) is 0 Å². The molecule has 1 aliphatic rings. The zero-order chi connectivity index (χ0) is 11.8. The Labute approximate surface area is 98.9 Å². The van der Waals surface area contributed by atoms with Gasteiger partial charge in [0, 0.05) is 0 Å². The number of hydrogen-bond donors (Lipinski definition) is 0. The second kappa shape index (κ2) is 3.95. The molecular weight excluding hydrogens is 218 g/mol. The first-order valence-electron chi connectivity index (χ1n) is 5.82. The van der Waals surface area contributed by atoms with Gasteiger partial charge >= 0.3 is 0 Å². The Kier molecular flexibility index (Phi) is 2.43. The second-order valence-electron chi connectivity index (χ2n) is 4.39. The molecule has 0 heterocycles. The molecule has 2 aromatic rings. The van der Waals surface area contributed by atoms with Gasteiger partial charge in [-0.05, 0) is 48.1 Å². The van der Waals surface area contributed by atoms with E-state index in [1.807, 2.05) is 18.2 Å². The van der Waals surface area contributed by atoms with Crippen molar-refractivity contribution in [1.29, 1.82) is 0 Å². The Morgan fingerprint density at radius 3 is 2.29 bits per heavy atom. The van der Waals surface area contributed by atoms with Gasteiger partial charge < -0.3 is 0 Å². The van der Waals surface area contributed by atoms with Crippen LogP contribution >= 0.6 is 0 Å². The van der Waals surface area contributed by atoms with Gasteiger partial charge in [-0.25, -0.2) is 8.78 Å². The summed E-state index contributed by atoms with van der Waals surface area (Å²) >= 11 is 0. The van der Waals surface area contributed by atoms with Gasteiger partial charge in [-0.1, -0.05) is 24.3 Å². The quantitative estimate of drug-likeness (QED) is 0.691. The fourth-order valence-corrected chi connectivity index (χ4v) is 2.61. The van der Waals surface area contributed by atoms with Gasteiger partial charge in [-0.3, -0.25) is 0 Å². The number of aryl methyl sites for hydroxylation is 1. The monoisotopic (exact) mass is 230 g/mol. The molecule has 17 heavy (non-hydrogen) atoms. The van der Waals surface area contributed by atoms with E-state index < -0.39 is 11.6 Å². The second-order valence-corrected chi connectivity index (χ2v) is 4.39. The SMILES string of the molecule is Fc1cccc(F)c1-c1cccc2c1CCC2. The standard InChI is InChI=1S/C15H12F2/c16-13-8-3-9-14(17)15(13)12-7-2-5-10-4-1-6-11(10)12/h2-3,5,7-9H,1,4,6H2. The number of fused-ring (bicyclic) bond motifs is 1. The molecule has 86 valence electrons. The predicted molar refractivity (Wildman–Crippen MR) is 63.8 cm³/mol. The van der Waals surface area contributed by atoms with Gasteiger partial charge in [0.05, 0.1) is 5.56 Å². The molecule has 2 heteroatoms. The topological polar surface area (TPSA) is 0 Å². The molecule has 0 aromatic heterocycles. The van der Waals surface area contributed by atoms with Crippen molar-refractivity contribution in [1.82, 2.24) is 0 Å². The molecule has 2 aromatic carbocycles. The molecule has 0 saturated heterocycles. The summed E-state index contributed by atoms with van der Waals surface area (Å²) in [5, 5.41) is 0. The molecule has 0 radical (unpaired) electrons. The molecule has 1 aliphatic carbocycles. The summed E-state index contributed by atoms with van der Waals surface area (Å²) in [5.74, 6) is -0.962. The predicted octanol–water partition coefficient (Wildman–Crippen LogP) is 4.12. The highest BCUT2D eigenvalue weighted by atomic mass is 19.1. The first kappa shape index (κ1) is 10.5. The Balaban J connectivity index is 2.26. The number of hydrogen-bond acceptors (Lipinski definition) is 0. The van der Waals surface area contributed by atoms with Gasteiger partial charge in [0.15, 0.2) is 0 Å². The molecule has 0 saturated carbocycles. The van der Waals surface area contributed by atoms with Crippen LogP contribution < -0.4 is 0 Å². The average molecular weight is 230 g/mol. The smallest absolute Gasteiger partial charge is 0.133 e. The van der Waals surface area contributed by atoms with Crippen LogP contribution in [0.15, 0.2) is 36.4 Å². The van der Waals surface area contributed by atoms with Gasteiger partial charge in [0.1, 0.15) is 11.6 Å². The first-order valence-corrected chi connectivity index (χ1v) is 5.82. The summed E-state index contributed by atoms with van der Waals surface area (Å²) in [6, 6.07) is 9.76. The molecule has 0 fully saturated rings. The van der Waals surface area contributed by atoms with E-state index in [0.717, 1.165) is 30.4 Å². The zero-order valence-corrected chi connectivity index (χ0v) is 9.34. The lowest BCUT2D eigenvalue weighted by atomic mass is 9.96. The summed E-state index contributed by atoms with van der Waals surface area (Å²) in [4.78, 5) is 0. The van der Waals surface area contributed by atoms with E-state index in [9.17, 15) is 8.78 Å². The van der Waals surface area contributed by atoms with Crippen LogP contribution in [0.25, 0.3) is 11.1 Å². The van der Waals surface area contributed by atoms with Crippen LogP contribution in [0, 0.1) is 11.6 Å². The Hall–Kier alpha value is -1.70. The van der Waals surface area contributed by atoms with Crippen molar-refractivity contribution < 1.29 is 8.78 Å². The summed E-state index contributed by atoms with van der Waals surface area (Å²) in [7, 11) is 0. The third kappa shape index (κ3) is 1.64. The van der Waals surface area contributed by atoms with E-state index in [2.05, 4.69) is 0 Å². The number of rotatable bonds is 1. The van der Waals surface area contributed by atoms with E-state index in [4.69, 9.17) is 0 Å². The van der Waals surface area contributed by atoms with Crippen LogP contribution in [0.3, 0.4) is 0 Å². The number of benzene rings is 2. The number of halogens is 2. The highest BCUT2D eigenvalue weighted by Gasteiger charge is 2.19. The lowest BCUT2D eigenvalue weighted by Gasteiger charge is -2.10. The van der Waals surface area contributed by atoms with Crippen molar-refractivity contribution in [2.24, 2.45) is 0 Å². The van der Waals surface area contributed by atoms with E-state index in [-0.39, 0.29) is 5.56 Å². The molecule has 3 rings (SSSR count). The van der Waals surface area contributed by atoms with Crippen molar-refractivity contribution in [2.45, 2.75) is 19.3 Å². The molecule has 0 nitrogen and oxygen atoms in total. The lowest BCUT2D eigenvalue weighted by Crippen LogP contribution is -1.94. The molecule has 0 bridgehead atoms. The minimum atomic E-state index is -0.481. The fourth-order valence-electron chi connectivity index (χ4n) is 2.61. The third-order valence-electron chi connectivity index (χ3n) is 3.38. The maximum Gasteiger partial charge on any atom is 0.133 e. The first-order chi connectivity index (χ1) is 8.27. The van der Waals surface area contributed by atoms with Gasteiger partial charge in [0.2, 0.25) is 0 Å². The molecule has 0 aliphatic heterocycles. The van der Waals surface area contributed by atoms with Gasteiger partial charge in [-0.15, -0.1) is 0 Å². The van der Waals surface area contributed by atoms with Gasteiger partial charge in [-0.2, -0.15) is 0 Å². The van der Waals surface area contributed by atoms with Crippen LogP contribution in [0.4, 0.5) is 8.78 Å². The Morgan fingerprint density at radius 2 is 1.53 bits per heavy atom. The van der Waals surface area contributed by atoms with Crippen LogP contribution in [0.1, 0.15) is 17.5 Å². The van der Waals surface area contributed by atoms with Crippen LogP contribution in [0.2, 0.25) is 0 Å². The summed E-state index contributed by atoms with van der Waals surface area (Å²) in [6.45, 7) is 0. The van der Waals surface area contributed by atoms with E-state index in [0.29, 0.717) is 0 Å². The van der Waals surface area contributed by atoms with E-state index >= 15 is 0 Å². The fraction of sp³-hybridized carbons (Fsp3) is 0.200.